The molecule has 0 bridgehead atoms. The minimum Gasteiger partial charge on any atom is -0.381 e. The number of hydrogen-bond donors (Lipinski definition) is 1. The van der Waals surface area contributed by atoms with Gasteiger partial charge in [0.1, 0.15) is 0 Å². The number of rotatable bonds is 6. The number of carbonyl (C=O) groups excluding carboxylic acids is 1. The molecule has 1 unspecified atom stereocenters. The molecule has 1 amide bonds. The maximum Gasteiger partial charge on any atom is 0.223 e. The minimum absolute atomic E-state index is 0.0516. The lowest BCUT2D eigenvalue weighted by Crippen LogP contribution is -2.39. The molecule has 116 valence electrons. The Hall–Kier alpha value is -1.42. The van der Waals surface area contributed by atoms with E-state index in [2.05, 4.69) is 30.2 Å². The van der Waals surface area contributed by atoms with Gasteiger partial charge < -0.3 is 10.1 Å². The lowest BCUT2D eigenvalue weighted by molar-refractivity contribution is -0.126. The van der Waals surface area contributed by atoms with Crippen LogP contribution < -0.4 is 5.32 Å². The summed E-state index contributed by atoms with van der Waals surface area (Å²) in [5.74, 6) is 0.700. The van der Waals surface area contributed by atoms with Crippen LogP contribution in [0.15, 0.2) is 24.5 Å². The Balaban J connectivity index is 2.13. The zero-order chi connectivity index (χ0) is 15.1. The third kappa shape index (κ3) is 4.27. The number of nitrogens with zero attached hydrogens (tertiary/aromatic N) is 1. The number of aromatic nitrogens is 1. The topological polar surface area (TPSA) is 51.2 Å². The van der Waals surface area contributed by atoms with E-state index in [0.717, 1.165) is 44.5 Å². The van der Waals surface area contributed by atoms with Crippen molar-refractivity contribution in [3.8, 4) is 0 Å². The van der Waals surface area contributed by atoms with E-state index in [1.807, 2.05) is 12.3 Å². The van der Waals surface area contributed by atoms with Crippen molar-refractivity contribution in [3.63, 3.8) is 0 Å². The van der Waals surface area contributed by atoms with E-state index in [9.17, 15) is 4.79 Å². The minimum atomic E-state index is 0.0516. The summed E-state index contributed by atoms with van der Waals surface area (Å²) in [4.78, 5) is 16.7. The summed E-state index contributed by atoms with van der Waals surface area (Å²) in [7, 11) is 0. The largest absolute Gasteiger partial charge is 0.381 e. The van der Waals surface area contributed by atoms with Gasteiger partial charge in [-0.1, -0.05) is 19.9 Å². The van der Waals surface area contributed by atoms with Crippen molar-refractivity contribution in [2.45, 2.75) is 45.6 Å². The molecule has 1 fully saturated rings. The van der Waals surface area contributed by atoms with Crippen LogP contribution in [-0.4, -0.2) is 24.1 Å². The van der Waals surface area contributed by atoms with E-state index in [4.69, 9.17) is 4.74 Å². The van der Waals surface area contributed by atoms with E-state index in [0.29, 0.717) is 5.92 Å². The van der Waals surface area contributed by atoms with Gasteiger partial charge in [0.2, 0.25) is 5.91 Å². The summed E-state index contributed by atoms with van der Waals surface area (Å²) < 4.78 is 5.45. The van der Waals surface area contributed by atoms with Gasteiger partial charge in [0.05, 0.1) is 6.04 Å². The second-order valence-corrected chi connectivity index (χ2v) is 5.74. The van der Waals surface area contributed by atoms with E-state index in [-0.39, 0.29) is 17.9 Å². The fraction of sp³-hybridized carbons (Fsp3) is 0.647. The maximum absolute atomic E-state index is 12.5. The molecule has 0 aliphatic carbocycles. The first-order valence-corrected chi connectivity index (χ1v) is 8.04. The number of pyridine rings is 1. The maximum atomic E-state index is 12.5. The van der Waals surface area contributed by atoms with Crippen molar-refractivity contribution in [2.75, 3.05) is 13.2 Å². The quantitative estimate of drug-likeness (QED) is 0.876. The van der Waals surface area contributed by atoms with E-state index in [1.54, 1.807) is 6.20 Å². The third-order valence-corrected chi connectivity index (χ3v) is 4.44. The summed E-state index contributed by atoms with van der Waals surface area (Å²) in [5.41, 5.74) is 1.10. The van der Waals surface area contributed by atoms with E-state index in [1.165, 1.54) is 0 Å². The van der Waals surface area contributed by atoms with Gasteiger partial charge in [0, 0.05) is 31.5 Å². The average molecular weight is 290 g/mol. The SMILES string of the molecule is CCC(CC)C(=O)NC(c1cccnc1)C1CCOCC1. The average Bonchev–Trinajstić information content (AvgIpc) is 2.55. The molecule has 1 aliphatic heterocycles. The van der Waals surface area contributed by atoms with Crippen molar-refractivity contribution in [1.82, 2.24) is 10.3 Å². The van der Waals surface area contributed by atoms with E-state index >= 15 is 0 Å². The predicted molar refractivity (Wildman–Crippen MR) is 82.7 cm³/mol. The van der Waals surface area contributed by atoms with Gasteiger partial charge in [-0.05, 0) is 43.2 Å². The summed E-state index contributed by atoms with van der Waals surface area (Å²) >= 11 is 0. The first-order chi connectivity index (χ1) is 10.3. The molecule has 4 nitrogen and oxygen atoms in total. The first-order valence-electron chi connectivity index (χ1n) is 8.04. The molecule has 2 rings (SSSR count). The summed E-state index contributed by atoms with van der Waals surface area (Å²) in [6, 6.07) is 4.04. The smallest absolute Gasteiger partial charge is 0.223 e. The Morgan fingerprint density at radius 3 is 2.67 bits per heavy atom. The van der Waals surface area contributed by atoms with Crippen LogP contribution in [0, 0.1) is 11.8 Å². The molecular formula is C17H26N2O2. The lowest BCUT2D eigenvalue weighted by atomic mass is 9.87. The van der Waals surface area contributed by atoms with Gasteiger partial charge in [0.15, 0.2) is 0 Å². The monoisotopic (exact) mass is 290 g/mol. The van der Waals surface area contributed by atoms with Gasteiger partial charge in [-0.15, -0.1) is 0 Å². The van der Waals surface area contributed by atoms with Crippen LogP contribution in [0.3, 0.4) is 0 Å². The Morgan fingerprint density at radius 1 is 1.38 bits per heavy atom. The Labute approximate surface area is 127 Å². The molecule has 1 N–H and O–H groups in total. The van der Waals surface area contributed by atoms with Gasteiger partial charge in [-0.3, -0.25) is 9.78 Å². The Bertz CT molecular complexity index is 426. The van der Waals surface area contributed by atoms with Crippen LogP contribution in [0.25, 0.3) is 0 Å². The normalized spacial score (nSPS) is 17.7. The molecule has 21 heavy (non-hydrogen) atoms. The molecule has 1 aliphatic rings. The number of carbonyl (C=O) groups is 1. The zero-order valence-corrected chi connectivity index (χ0v) is 13.0. The van der Waals surface area contributed by atoms with Crippen molar-refractivity contribution < 1.29 is 9.53 Å². The van der Waals surface area contributed by atoms with Crippen LogP contribution in [-0.2, 0) is 9.53 Å². The van der Waals surface area contributed by atoms with Crippen molar-refractivity contribution >= 4 is 5.91 Å². The second kappa shape index (κ2) is 8.13. The fourth-order valence-corrected chi connectivity index (χ4v) is 3.01. The van der Waals surface area contributed by atoms with Gasteiger partial charge in [-0.2, -0.15) is 0 Å². The molecule has 0 spiro atoms. The summed E-state index contributed by atoms with van der Waals surface area (Å²) in [6.07, 6.45) is 7.39. The number of amides is 1. The highest BCUT2D eigenvalue weighted by Crippen LogP contribution is 2.30. The van der Waals surface area contributed by atoms with E-state index < -0.39 is 0 Å². The molecule has 0 saturated carbocycles. The molecule has 4 heteroatoms. The van der Waals surface area contributed by atoms with Gasteiger partial charge in [0.25, 0.3) is 0 Å². The number of nitrogens with one attached hydrogen (secondary N) is 1. The molecule has 0 radical (unpaired) electrons. The van der Waals surface area contributed by atoms with Crippen LogP contribution in [0.5, 0.6) is 0 Å². The number of hydrogen-bond acceptors (Lipinski definition) is 3. The first kappa shape index (κ1) is 16.0. The Morgan fingerprint density at radius 2 is 2.10 bits per heavy atom. The highest BCUT2D eigenvalue weighted by molar-refractivity contribution is 5.79. The standard InChI is InChI=1S/C17H26N2O2/c1-3-13(4-2)17(20)19-16(14-7-10-21-11-8-14)15-6-5-9-18-12-15/h5-6,9,12-14,16H,3-4,7-8,10-11H2,1-2H3,(H,19,20). The fourth-order valence-electron chi connectivity index (χ4n) is 3.01. The molecule has 1 aromatic rings. The van der Waals surface area contributed by atoms with Crippen LogP contribution >= 0.6 is 0 Å². The van der Waals surface area contributed by atoms with Gasteiger partial charge >= 0.3 is 0 Å². The van der Waals surface area contributed by atoms with Crippen molar-refractivity contribution in [1.29, 1.82) is 0 Å². The molecule has 0 aromatic carbocycles. The van der Waals surface area contributed by atoms with Crippen LogP contribution in [0.1, 0.15) is 51.1 Å². The summed E-state index contributed by atoms with van der Waals surface area (Å²) in [6.45, 7) is 5.70. The molecular weight excluding hydrogens is 264 g/mol. The molecule has 1 atom stereocenters. The second-order valence-electron chi connectivity index (χ2n) is 5.74. The van der Waals surface area contributed by atoms with Crippen molar-refractivity contribution in [3.05, 3.63) is 30.1 Å². The van der Waals surface area contributed by atoms with Crippen LogP contribution in [0.4, 0.5) is 0 Å². The third-order valence-electron chi connectivity index (χ3n) is 4.44. The molecule has 1 aromatic heterocycles. The summed E-state index contributed by atoms with van der Waals surface area (Å²) in [5, 5.41) is 3.27. The predicted octanol–water partition coefficient (Wildman–Crippen LogP) is 3.10. The Kier molecular flexibility index (Phi) is 6.18. The highest BCUT2D eigenvalue weighted by atomic mass is 16.5. The van der Waals surface area contributed by atoms with Crippen molar-refractivity contribution in [2.24, 2.45) is 11.8 Å². The molecule has 2 heterocycles. The molecule has 1 saturated heterocycles. The van der Waals surface area contributed by atoms with Crippen LogP contribution in [0.2, 0.25) is 0 Å². The van der Waals surface area contributed by atoms with Gasteiger partial charge in [-0.25, -0.2) is 0 Å². The lowest BCUT2D eigenvalue weighted by Gasteiger charge is -2.32. The zero-order valence-electron chi connectivity index (χ0n) is 13.0. The number of ether oxygens (including phenoxy) is 1. The highest BCUT2D eigenvalue weighted by Gasteiger charge is 2.28.